The number of nitrogens with zero attached hydrogens (tertiary/aromatic N) is 4. The molecule has 3 fully saturated rings. The molecule has 10 heteroatoms. The molecular formula is C35H53N5O5. The van der Waals surface area contributed by atoms with Crippen LogP contribution >= 0.6 is 0 Å². The lowest BCUT2D eigenvalue weighted by atomic mass is 9.59. The van der Waals surface area contributed by atoms with Crippen LogP contribution in [0.5, 0.6) is 5.88 Å². The van der Waals surface area contributed by atoms with E-state index < -0.39 is 12.1 Å². The molecule has 5 rings (SSSR count). The molecule has 1 N–H and O–H groups in total. The van der Waals surface area contributed by atoms with Gasteiger partial charge in [0.1, 0.15) is 17.5 Å². The van der Waals surface area contributed by atoms with Crippen LogP contribution in [0.2, 0.25) is 0 Å². The third-order valence-corrected chi connectivity index (χ3v) is 10.7. The van der Waals surface area contributed by atoms with E-state index in [-0.39, 0.29) is 57.5 Å². The van der Waals surface area contributed by atoms with Crippen LogP contribution in [0.3, 0.4) is 0 Å². The van der Waals surface area contributed by atoms with Crippen molar-refractivity contribution in [3.63, 3.8) is 0 Å². The Bertz CT molecular complexity index is 1410. The Labute approximate surface area is 268 Å². The number of morpholine rings is 1. The predicted octanol–water partition coefficient (Wildman–Crippen LogP) is 7.86. The van der Waals surface area contributed by atoms with Crippen LogP contribution in [0.4, 0.5) is 10.5 Å². The molecule has 1 aliphatic heterocycles. The van der Waals surface area contributed by atoms with E-state index in [4.69, 9.17) is 25.8 Å². The average Bonchev–Trinajstić information content (AvgIpc) is 3.50. The summed E-state index contributed by atoms with van der Waals surface area (Å²) in [5, 5.41) is 3.35. The number of H-pyrrole nitrogens is 1. The van der Waals surface area contributed by atoms with Gasteiger partial charge in [-0.2, -0.15) is 0 Å². The third-order valence-electron chi connectivity index (χ3n) is 10.7. The standard InChI is InChI=1S/C35H53N5O5/c1-20-11-12-23(22(3)17-20)29-37-30-26(27(36-10)31(40(30)38-29)45-33(42)39-13-15-43-16-14-39)32(41)44-28-24(34(4,5)6)18-21(2)19-25(28)35(7,8)9/h20-25,28H,11-19H2,1-9H3,(H,37,38). The lowest BCUT2D eigenvalue weighted by Crippen LogP contribution is -2.49. The molecule has 3 heterocycles. The van der Waals surface area contributed by atoms with Crippen molar-refractivity contribution < 1.29 is 23.8 Å². The summed E-state index contributed by atoms with van der Waals surface area (Å²) in [5.74, 6) is 2.13. The minimum atomic E-state index is -0.585. The van der Waals surface area contributed by atoms with Gasteiger partial charge in [-0.1, -0.05) is 62.3 Å². The van der Waals surface area contributed by atoms with Gasteiger partial charge in [-0.05, 0) is 60.7 Å². The van der Waals surface area contributed by atoms with E-state index >= 15 is 0 Å². The number of fused-ring (bicyclic) bond motifs is 1. The molecule has 45 heavy (non-hydrogen) atoms. The van der Waals surface area contributed by atoms with E-state index in [0.29, 0.717) is 44.1 Å². The molecule has 2 aromatic rings. The molecule has 3 aliphatic rings. The van der Waals surface area contributed by atoms with E-state index in [1.165, 1.54) is 4.52 Å². The number of hydrogen-bond donors (Lipinski definition) is 1. The maximum Gasteiger partial charge on any atom is 0.415 e. The van der Waals surface area contributed by atoms with Gasteiger partial charge in [0.05, 0.1) is 19.8 Å². The number of carbonyl (C=O) groups is 2. The Morgan fingerprint density at radius 1 is 0.956 bits per heavy atom. The van der Waals surface area contributed by atoms with Gasteiger partial charge in [-0.3, -0.25) is 5.10 Å². The molecule has 248 valence electrons. The van der Waals surface area contributed by atoms with Crippen molar-refractivity contribution in [1.29, 1.82) is 0 Å². The summed E-state index contributed by atoms with van der Waals surface area (Å²) in [5.41, 5.74) is 0.109. The van der Waals surface area contributed by atoms with Gasteiger partial charge >= 0.3 is 12.1 Å². The smallest absolute Gasteiger partial charge is 0.415 e. The van der Waals surface area contributed by atoms with Crippen LogP contribution < -0.4 is 4.74 Å². The van der Waals surface area contributed by atoms with Crippen LogP contribution in [-0.4, -0.2) is 64.0 Å². The molecule has 2 saturated carbocycles. The van der Waals surface area contributed by atoms with Crippen molar-refractivity contribution >= 4 is 23.4 Å². The Balaban J connectivity index is 1.58. The number of carbonyl (C=O) groups excluding carboxylic acids is 2. The first-order chi connectivity index (χ1) is 21.1. The van der Waals surface area contributed by atoms with Crippen molar-refractivity contribution in [1.82, 2.24) is 19.5 Å². The number of aromatic nitrogens is 3. The number of aromatic amines is 1. The molecule has 5 unspecified atom stereocenters. The average molecular weight is 624 g/mol. The second-order valence-corrected chi connectivity index (χ2v) is 16.3. The summed E-state index contributed by atoms with van der Waals surface area (Å²) in [6.07, 6.45) is 4.15. The topological polar surface area (TPSA) is 103 Å². The zero-order chi connectivity index (χ0) is 32.8. The summed E-state index contributed by atoms with van der Waals surface area (Å²) >= 11 is 0. The molecule has 2 aliphatic carbocycles. The zero-order valence-corrected chi connectivity index (χ0v) is 28.7. The van der Waals surface area contributed by atoms with Crippen LogP contribution in [0, 0.1) is 47.0 Å². The van der Waals surface area contributed by atoms with Gasteiger partial charge in [-0.25, -0.2) is 23.9 Å². The van der Waals surface area contributed by atoms with Crippen LogP contribution in [0.1, 0.15) is 117 Å². The largest absolute Gasteiger partial charge is 0.459 e. The van der Waals surface area contributed by atoms with E-state index in [1.807, 2.05) is 0 Å². The summed E-state index contributed by atoms with van der Waals surface area (Å²) in [6, 6.07) is 0. The SMILES string of the molecule is [C-]#[N+]c1c(C(=O)OC2C(C(C)(C)C)CC(C)CC2C(C)(C)C)c2nc(C3CCC(C)CC3C)[nH]n2c1OC(=O)N1CCOCC1. The second-order valence-electron chi connectivity index (χ2n) is 16.3. The van der Waals surface area contributed by atoms with Crippen molar-refractivity contribution in [2.45, 2.75) is 106 Å². The van der Waals surface area contributed by atoms with Gasteiger partial charge in [0.15, 0.2) is 5.65 Å². The Morgan fingerprint density at radius 3 is 2.13 bits per heavy atom. The Hall–Kier alpha value is -3.06. The zero-order valence-electron chi connectivity index (χ0n) is 28.7. The number of rotatable bonds is 4. The monoisotopic (exact) mass is 623 g/mol. The molecule has 2 aromatic heterocycles. The van der Waals surface area contributed by atoms with Gasteiger partial charge in [0.2, 0.25) is 5.88 Å². The molecule has 5 atom stereocenters. The van der Waals surface area contributed by atoms with Gasteiger partial charge < -0.3 is 19.1 Å². The summed E-state index contributed by atoms with van der Waals surface area (Å²) in [6.45, 7) is 29.9. The maximum absolute atomic E-state index is 14.4. The summed E-state index contributed by atoms with van der Waals surface area (Å²) in [7, 11) is 0. The first kappa shape index (κ1) is 33.3. The van der Waals surface area contributed by atoms with Crippen molar-refractivity contribution in [3.8, 4) is 5.88 Å². The highest BCUT2D eigenvalue weighted by Gasteiger charge is 2.48. The minimum Gasteiger partial charge on any atom is -0.459 e. The molecule has 10 nitrogen and oxygen atoms in total. The van der Waals surface area contributed by atoms with Gasteiger partial charge in [0.25, 0.3) is 5.69 Å². The van der Waals surface area contributed by atoms with Gasteiger partial charge in [-0.15, -0.1) is 0 Å². The quantitative estimate of drug-likeness (QED) is 0.275. The molecule has 1 amide bonds. The van der Waals surface area contributed by atoms with Crippen LogP contribution in [0.25, 0.3) is 10.5 Å². The number of ether oxygens (including phenoxy) is 3. The molecule has 0 aromatic carbocycles. The molecule has 0 bridgehead atoms. The van der Waals surface area contributed by atoms with Crippen molar-refractivity contribution in [3.05, 3.63) is 22.8 Å². The fourth-order valence-corrected chi connectivity index (χ4v) is 8.06. The minimum absolute atomic E-state index is 0.0176. The third kappa shape index (κ3) is 6.74. The molecule has 0 radical (unpaired) electrons. The molecule has 1 saturated heterocycles. The maximum atomic E-state index is 14.4. The first-order valence-electron chi connectivity index (χ1n) is 16.9. The number of amides is 1. The van der Waals surface area contributed by atoms with Crippen LogP contribution in [-0.2, 0) is 9.47 Å². The highest BCUT2D eigenvalue weighted by atomic mass is 16.6. The summed E-state index contributed by atoms with van der Waals surface area (Å²) < 4.78 is 19.4. The highest BCUT2D eigenvalue weighted by Crippen LogP contribution is 2.50. The van der Waals surface area contributed by atoms with Crippen molar-refractivity contribution in [2.24, 2.45) is 40.4 Å². The first-order valence-corrected chi connectivity index (χ1v) is 16.9. The number of nitrogens with one attached hydrogen (secondary N) is 1. The predicted molar refractivity (Wildman–Crippen MR) is 173 cm³/mol. The normalized spacial score (nSPS) is 29.8. The fraction of sp³-hybridized carbons (Fsp3) is 0.771. The Kier molecular flexibility index (Phi) is 9.34. The van der Waals surface area contributed by atoms with E-state index in [1.54, 1.807) is 4.90 Å². The number of esters is 1. The van der Waals surface area contributed by atoms with Crippen LogP contribution in [0.15, 0.2) is 0 Å². The second kappa shape index (κ2) is 12.6. The summed E-state index contributed by atoms with van der Waals surface area (Å²) in [4.78, 5) is 38.0. The molecule has 0 spiro atoms. The van der Waals surface area contributed by atoms with Gasteiger partial charge in [0, 0.05) is 30.8 Å². The van der Waals surface area contributed by atoms with E-state index in [0.717, 1.165) is 37.9 Å². The lowest BCUT2D eigenvalue weighted by molar-refractivity contribution is -0.0922. The molecular weight excluding hydrogens is 570 g/mol. The van der Waals surface area contributed by atoms with E-state index in [9.17, 15) is 9.59 Å². The van der Waals surface area contributed by atoms with Crippen molar-refractivity contribution in [2.75, 3.05) is 26.3 Å². The Morgan fingerprint density at radius 2 is 1.58 bits per heavy atom. The van der Waals surface area contributed by atoms with E-state index in [2.05, 4.69) is 72.3 Å². The lowest BCUT2D eigenvalue weighted by Gasteiger charge is -2.50. The highest BCUT2D eigenvalue weighted by molar-refractivity contribution is 6.05. The number of hydrogen-bond acceptors (Lipinski definition) is 6. The fourth-order valence-electron chi connectivity index (χ4n) is 8.06.